The molecular formula is C24H35N3O3. The molecule has 2 aliphatic heterocycles. The van der Waals surface area contributed by atoms with Gasteiger partial charge in [0, 0.05) is 45.7 Å². The van der Waals surface area contributed by atoms with E-state index < -0.39 is 0 Å². The number of allylic oxidation sites excluding steroid dienone is 1. The Morgan fingerprint density at radius 1 is 1.07 bits per heavy atom. The summed E-state index contributed by atoms with van der Waals surface area (Å²) in [6.45, 7) is 9.48. The van der Waals surface area contributed by atoms with E-state index in [9.17, 15) is 9.59 Å². The van der Waals surface area contributed by atoms with Crippen molar-refractivity contribution in [2.45, 2.75) is 45.8 Å². The van der Waals surface area contributed by atoms with Crippen LogP contribution in [0.25, 0.3) is 0 Å². The van der Waals surface area contributed by atoms with E-state index in [1.807, 2.05) is 28.0 Å². The molecule has 1 aromatic rings. The third-order valence-electron chi connectivity index (χ3n) is 5.71. The molecule has 2 fully saturated rings. The number of hydrogen-bond donors (Lipinski definition) is 0. The second kappa shape index (κ2) is 11.3. The lowest BCUT2D eigenvalue weighted by Gasteiger charge is -2.25. The normalized spacial score (nSPS) is 20.5. The van der Waals surface area contributed by atoms with Crippen molar-refractivity contribution in [2.75, 3.05) is 45.8 Å². The Kier molecular flexibility index (Phi) is 8.46. The van der Waals surface area contributed by atoms with Crippen LogP contribution in [0.15, 0.2) is 42.0 Å². The fourth-order valence-corrected chi connectivity index (χ4v) is 4.00. The molecule has 0 aromatic heterocycles. The quantitative estimate of drug-likeness (QED) is 0.584. The van der Waals surface area contributed by atoms with Gasteiger partial charge in [-0.2, -0.15) is 0 Å². The molecule has 1 unspecified atom stereocenters. The average molecular weight is 414 g/mol. The van der Waals surface area contributed by atoms with Crippen molar-refractivity contribution in [2.24, 2.45) is 0 Å². The van der Waals surface area contributed by atoms with Gasteiger partial charge in [0.1, 0.15) is 0 Å². The van der Waals surface area contributed by atoms with Gasteiger partial charge < -0.3 is 14.5 Å². The van der Waals surface area contributed by atoms with Gasteiger partial charge in [0.2, 0.25) is 11.8 Å². The number of likely N-dealkylation sites (tertiary alicyclic amines) is 1. The molecule has 1 aromatic carbocycles. The Balaban J connectivity index is 1.59. The summed E-state index contributed by atoms with van der Waals surface area (Å²) in [5.74, 6) is 0.393. The van der Waals surface area contributed by atoms with E-state index in [0.717, 1.165) is 44.6 Å². The maximum atomic E-state index is 12.9. The zero-order chi connectivity index (χ0) is 21.3. The minimum atomic E-state index is -0.0318. The molecule has 2 aliphatic rings. The summed E-state index contributed by atoms with van der Waals surface area (Å²) in [7, 11) is 0. The van der Waals surface area contributed by atoms with Gasteiger partial charge in [0.15, 0.2) is 0 Å². The number of carbonyl (C=O) groups is 2. The van der Waals surface area contributed by atoms with E-state index in [2.05, 4.69) is 37.0 Å². The summed E-state index contributed by atoms with van der Waals surface area (Å²) in [5.41, 5.74) is 2.39. The van der Waals surface area contributed by atoms with E-state index >= 15 is 0 Å². The van der Waals surface area contributed by atoms with E-state index in [0.29, 0.717) is 32.7 Å². The molecule has 0 bridgehead atoms. The van der Waals surface area contributed by atoms with E-state index in [1.54, 1.807) is 0 Å². The summed E-state index contributed by atoms with van der Waals surface area (Å²) in [6.07, 6.45) is 4.57. The van der Waals surface area contributed by atoms with Crippen molar-refractivity contribution >= 4 is 11.8 Å². The first-order chi connectivity index (χ1) is 14.5. The van der Waals surface area contributed by atoms with Crippen LogP contribution in [-0.4, -0.2) is 78.4 Å². The highest BCUT2D eigenvalue weighted by Gasteiger charge is 2.28. The predicted molar refractivity (Wildman–Crippen MR) is 118 cm³/mol. The summed E-state index contributed by atoms with van der Waals surface area (Å²) >= 11 is 0. The van der Waals surface area contributed by atoms with Crippen LogP contribution in [0.4, 0.5) is 0 Å². The highest BCUT2D eigenvalue weighted by molar-refractivity contribution is 5.79. The van der Waals surface area contributed by atoms with Crippen LogP contribution in [-0.2, 0) is 20.9 Å². The molecule has 0 radical (unpaired) electrons. The number of benzene rings is 1. The average Bonchev–Trinajstić information content (AvgIpc) is 3.07. The fourth-order valence-electron chi connectivity index (χ4n) is 4.00. The van der Waals surface area contributed by atoms with Gasteiger partial charge in [-0.3, -0.25) is 14.5 Å². The van der Waals surface area contributed by atoms with Crippen molar-refractivity contribution in [3.63, 3.8) is 0 Å². The Labute approximate surface area is 180 Å². The van der Waals surface area contributed by atoms with Crippen molar-refractivity contribution < 1.29 is 14.3 Å². The van der Waals surface area contributed by atoms with Crippen LogP contribution in [0, 0.1) is 0 Å². The lowest BCUT2D eigenvalue weighted by molar-refractivity contribution is -0.131. The molecule has 2 heterocycles. The van der Waals surface area contributed by atoms with Crippen LogP contribution in [0.3, 0.4) is 0 Å². The fraction of sp³-hybridized carbons (Fsp3) is 0.583. The Morgan fingerprint density at radius 3 is 2.53 bits per heavy atom. The van der Waals surface area contributed by atoms with Crippen LogP contribution >= 0.6 is 0 Å². The Bertz CT molecular complexity index is 730. The third-order valence-corrected chi connectivity index (χ3v) is 5.71. The molecule has 6 heteroatoms. The molecule has 0 saturated carbocycles. The van der Waals surface area contributed by atoms with Gasteiger partial charge in [0.05, 0.1) is 19.3 Å². The molecular weight excluding hydrogens is 378 g/mol. The lowest BCUT2D eigenvalue weighted by atomic mass is 10.2. The Morgan fingerprint density at radius 2 is 1.83 bits per heavy atom. The van der Waals surface area contributed by atoms with E-state index in [-0.39, 0.29) is 17.9 Å². The van der Waals surface area contributed by atoms with Crippen molar-refractivity contribution in [3.8, 4) is 0 Å². The van der Waals surface area contributed by atoms with Gasteiger partial charge in [-0.15, -0.1) is 0 Å². The SMILES string of the molecule is CC(C)=CCN1CC(=O)N(CCCN2CCCC2=O)CC(OCc2ccccc2)C1. The predicted octanol–water partition coefficient (Wildman–Crippen LogP) is 2.69. The monoisotopic (exact) mass is 413 g/mol. The smallest absolute Gasteiger partial charge is 0.236 e. The second-order valence-corrected chi connectivity index (χ2v) is 8.57. The van der Waals surface area contributed by atoms with Crippen LogP contribution in [0.1, 0.15) is 38.7 Å². The molecule has 6 nitrogen and oxygen atoms in total. The van der Waals surface area contributed by atoms with Gasteiger partial charge in [0.25, 0.3) is 0 Å². The highest BCUT2D eigenvalue weighted by atomic mass is 16.5. The molecule has 1 atom stereocenters. The first-order valence-electron chi connectivity index (χ1n) is 11.1. The lowest BCUT2D eigenvalue weighted by Crippen LogP contribution is -2.39. The topological polar surface area (TPSA) is 53.1 Å². The van der Waals surface area contributed by atoms with E-state index in [4.69, 9.17) is 4.74 Å². The molecule has 0 spiro atoms. The van der Waals surface area contributed by atoms with Crippen molar-refractivity contribution in [1.29, 1.82) is 0 Å². The summed E-state index contributed by atoms with van der Waals surface area (Å²) < 4.78 is 6.24. The molecule has 2 amide bonds. The van der Waals surface area contributed by atoms with Crippen LogP contribution in [0.5, 0.6) is 0 Å². The zero-order valence-corrected chi connectivity index (χ0v) is 18.4. The van der Waals surface area contributed by atoms with Gasteiger partial charge in [-0.05, 0) is 32.3 Å². The van der Waals surface area contributed by atoms with Gasteiger partial charge in [-0.1, -0.05) is 42.0 Å². The van der Waals surface area contributed by atoms with Crippen LogP contribution in [0.2, 0.25) is 0 Å². The molecule has 30 heavy (non-hydrogen) atoms. The maximum absolute atomic E-state index is 12.9. The number of ether oxygens (including phenoxy) is 1. The molecule has 0 N–H and O–H groups in total. The molecule has 2 saturated heterocycles. The molecule has 0 aliphatic carbocycles. The zero-order valence-electron chi connectivity index (χ0n) is 18.4. The molecule has 3 rings (SSSR count). The number of carbonyl (C=O) groups excluding carboxylic acids is 2. The first kappa shape index (κ1) is 22.5. The summed E-state index contributed by atoms with van der Waals surface area (Å²) in [4.78, 5) is 30.8. The first-order valence-corrected chi connectivity index (χ1v) is 11.1. The van der Waals surface area contributed by atoms with Gasteiger partial charge >= 0.3 is 0 Å². The number of nitrogens with zero attached hydrogens (tertiary/aromatic N) is 3. The standard InChI is InChI=1S/C24H35N3O3/c1-20(2)11-15-25-16-22(30-19-21-8-4-3-5-9-21)17-27(24(29)18-25)14-7-13-26-12-6-10-23(26)28/h3-5,8-9,11,22H,6-7,10,12-19H2,1-2H3. The second-order valence-electron chi connectivity index (χ2n) is 8.57. The minimum Gasteiger partial charge on any atom is -0.370 e. The minimum absolute atomic E-state index is 0.0318. The number of amides is 2. The highest BCUT2D eigenvalue weighted by Crippen LogP contribution is 2.14. The largest absolute Gasteiger partial charge is 0.370 e. The summed E-state index contributed by atoms with van der Waals surface area (Å²) in [5, 5.41) is 0. The van der Waals surface area contributed by atoms with Crippen molar-refractivity contribution in [3.05, 3.63) is 47.5 Å². The molecule has 164 valence electrons. The Hall–Kier alpha value is -2.18. The van der Waals surface area contributed by atoms with Crippen molar-refractivity contribution in [1.82, 2.24) is 14.7 Å². The summed E-state index contributed by atoms with van der Waals surface area (Å²) in [6, 6.07) is 10.2. The number of hydrogen-bond acceptors (Lipinski definition) is 4. The maximum Gasteiger partial charge on any atom is 0.236 e. The van der Waals surface area contributed by atoms with Gasteiger partial charge in [-0.25, -0.2) is 0 Å². The number of rotatable bonds is 9. The van der Waals surface area contributed by atoms with Crippen LogP contribution < -0.4 is 0 Å². The third kappa shape index (κ3) is 6.96. The van der Waals surface area contributed by atoms with E-state index in [1.165, 1.54) is 5.57 Å².